The van der Waals surface area contributed by atoms with E-state index in [1.165, 1.54) is 218 Å². The molecule has 0 bridgehead atoms. The van der Waals surface area contributed by atoms with E-state index in [1.54, 1.807) is 6.08 Å². The summed E-state index contributed by atoms with van der Waals surface area (Å²) in [6, 6.07) is -0.643. The van der Waals surface area contributed by atoms with Crippen LogP contribution in [0.4, 0.5) is 0 Å². The highest BCUT2D eigenvalue weighted by molar-refractivity contribution is 5.76. The summed E-state index contributed by atoms with van der Waals surface area (Å²) in [5.41, 5.74) is 0. The average Bonchev–Trinajstić information content (AvgIpc) is 3.26. The molecule has 362 valence electrons. The molecule has 6 heteroatoms. The van der Waals surface area contributed by atoms with Crippen LogP contribution < -0.4 is 5.32 Å². The smallest absolute Gasteiger partial charge is 0.305 e. The first kappa shape index (κ1) is 59.6. The Labute approximate surface area is 380 Å². The summed E-state index contributed by atoms with van der Waals surface area (Å²) in [4.78, 5) is 24.5. The van der Waals surface area contributed by atoms with E-state index in [-0.39, 0.29) is 18.5 Å². The molecule has 61 heavy (non-hydrogen) atoms. The second-order valence-electron chi connectivity index (χ2n) is 18.9. The number of nitrogens with one attached hydrogen (secondary N) is 1. The molecule has 3 N–H and O–H groups in total. The van der Waals surface area contributed by atoms with Gasteiger partial charge in [0.25, 0.3) is 0 Å². The lowest BCUT2D eigenvalue weighted by molar-refractivity contribution is -0.143. The Balaban J connectivity index is 3.49. The summed E-state index contributed by atoms with van der Waals surface area (Å²) in [5, 5.41) is 23.1. The van der Waals surface area contributed by atoms with Crippen molar-refractivity contribution in [1.82, 2.24) is 5.32 Å². The van der Waals surface area contributed by atoms with Crippen LogP contribution in [0.25, 0.3) is 0 Å². The molecule has 2 unspecified atom stereocenters. The van der Waals surface area contributed by atoms with Gasteiger partial charge in [0.15, 0.2) is 0 Å². The van der Waals surface area contributed by atoms with Gasteiger partial charge in [0.1, 0.15) is 0 Å². The number of allylic oxidation sites excluding steroid dienone is 1. The van der Waals surface area contributed by atoms with Crippen LogP contribution in [0.15, 0.2) is 12.2 Å². The summed E-state index contributed by atoms with van der Waals surface area (Å²) >= 11 is 0. The van der Waals surface area contributed by atoms with Gasteiger partial charge >= 0.3 is 5.97 Å². The molecule has 0 aromatic rings. The van der Waals surface area contributed by atoms with Gasteiger partial charge < -0.3 is 20.3 Å². The minimum atomic E-state index is -0.858. The Morgan fingerprint density at radius 2 is 0.754 bits per heavy atom. The second-order valence-corrected chi connectivity index (χ2v) is 18.9. The number of carbonyl (C=O) groups is 2. The third kappa shape index (κ3) is 47.9. The van der Waals surface area contributed by atoms with Crippen molar-refractivity contribution in [3.8, 4) is 0 Å². The van der Waals surface area contributed by atoms with Gasteiger partial charge in [-0.25, -0.2) is 0 Å². The maximum atomic E-state index is 12.4. The lowest BCUT2D eigenvalue weighted by Gasteiger charge is -2.20. The van der Waals surface area contributed by atoms with Gasteiger partial charge in [-0.2, -0.15) is 0 Å². The second kappa shape index (κ2) is 51.2. The SMILES string of the molecule is CCCCCCCCCCCCCCCCCC/C=C/C(O)C(CO)NC(=O)CCCCCCCCCCCCOC(=O)CCCCCCCCCCCCCCCCCC. The van der Waals surface area contributed by atoms with Gasteiger partial charge in [-0.05, 0) is 32.1 Å². The van der Waals surface area contributed by atoms with E-state index in [2.05, 4.69) is 19.2 Å². The number of aliphatic hydroxyl groups excluding tert-OH is 2. The fraction of sp³-hybridized carbons (Fsp3) is 0.927. The molecule has 0 fully saturated rings. The molecule has 0 aliphatic heterocycles. The Morgan fingerprint density at radius 3 is 1.11 bits per heavy atom. The van der Waals surface area contributed by atoms with Crippen LogP contribution in [0.2, 0.25) is 0 Å². The maximum absolute atomic E-state index is 12.4. The van der Waals surface area contributed by atoms with Crippen LogP contribution in [0.5, 0.6) is 0 Å². The van der Waals surface area contributed by atoms with Crippen molar-refractivity contribution in [3.63, 3.8) is 0 Å². The Kier molecular flexibility index (Phi) is 50.1. The molecule has 0 aliphatic rings. The third-order valence-electron chi connectivity index (χ3n) is 12.8. The standard InChI is InChI=1S/C55H107NO5/c1-3-5-7-9-11-13-15-17-19-21-22-23-25-27-31-35-39-43-47-53(58)52(51-57)56-54(59)48-44-40-36-32-29-30-34-38-42-46-50-61-55(60)49-45-41-37-33-28-26-24-20-18-16-14-12-10-8-6-4-2/h43,47,52-53,57-58H,3-42,44-46,48-51H2,1-2H3,(H,56,59)/b47-43+. The van der Waals surface area contributed by atoms with Gasteiger partial charge in [-0.15, -0.1) is 0 Å². The number of unbranched alkanes of at least 4 members (excludes halogenated alkanes) is 40. The Hall–Kier alpha value is -1.40. The molecule has 0 spiro atoms. The number of esters is 1. The fourth-order valence-electron chi connectivity index (χ4n) is 8.58. The maximum Gasteiger partial charge on any atom is 0.305 e. The van der Waals surface area contributed by atoms with Crippen LogP contribution in [0, 0.1) is 0 Å². The quantitative estimate of drug-likeness (QED) is 0.0322. The third-order valence-corrected chi connectivity index (χ3v) is 12.8. The summed E-state index contributed by atoms with van der Waals surface area (Å²) in [7, 11) is 0. The molecule has 6 nitrogen and oxygen atoms in total. The number of ether oxygens (including phenoxy) is 1. The van der Waals surface area contributed by atoms with E-state index in [0.717, 1.165) is 57.8 Å². The summed E-state index contributed by atoms with van der Waals surface area (Å²) < 4.78 is 5.47. The highest BCUT2D eigenvalue weighted by atomic mass is 16.5. The number of aliphatic hydroxyl groups is 2. The molecule has 1 amide bonds. The predicted molar refractivity (Wildman–Crippen MR) is 264 cm³/mol. The van der Waals surface area contributed by atoms with Crippen molar-refractivity contribution in [2.24, 2.45) is 0 Å². The first-order valence-corrected chi connectivity index (χ1v) is 27.5. The summed E-state index contributed by atoms with van der Waals surface area (Å²) in [6.45, 7) is 4.87. The molecule has 0 aliphatic carbocycles. The van der Waals surface area contributed by atoms with Crippen molar-refractivity contribution in [2.75, 3.05) is 13.2 Å². The van der Waals surface area contributed by atoms with Crippen LogP contribution in [0.1, 0.15) is 303 Å². The lowest BCUT2D eigenvalue weighted by Crippen LogP contribution is -2.45. The lowest BCUT2D eigenvalue weighted by atomic mass is 10.0. The molecular weight excluding hydrogens is 755 g/mol. The van der Waals surface area contributed by atoms with Crippen molar-refractivity contribution in [3.05, 3.63) is 12.2 Å². The monoisotopic (exact) mass is 862 g/mol. The van der Waals surface area contributed by atoms with Crippen LogP contribution in [0.3, 0.4) is 0 Å². The molecular formula is C55H107NO5. The van der Waals surface area contributed by atoms with Crippen molar-refractivity contribution < 1.29 is 24.5 Å². The fourth-order valence-corrected chi connectivity index (χ4v) is 8.58. The minimum absolute atomic E-state index is 0.0168. The normalized spacial score (nSPS) is 12.7. The number of hydrogen-bond acceptors (Lipinski definition) is 5. The first-order valence-electron chi connectivity index (χ1n) is 27.5. The molecule has 0 aromatic carbocycles. The van der Waals surface area contributed by atoms with E-state index in [4.69, 9.17) is 4.74 Å². The molecule has 0 radical (unpaired) electrons. The van der Waals surface area contributed by atoms with Gasteiger partial charge in [0, 0.05) is 12.8 Å². The number of carbonyl (C=O) groups excluding carboxylic acids is 2. The molecule has 0 saturated carbocycles. The zero-order valence-electron chi connectivity index (χ0n) is 41.2. The average molecular weight is 862 g/mol. The highest BCUT2D eigenvalue weighted by Gasteiger charge is 2.18. The summed E-state index contributed by atoms with van der Waals surface area (Å²) in [5.74, 6) is -0.105. The van der Waals surface area contributed by atoms with Crippen molar-refractivity contribution in [2.45, 2.75) is 315 Å². The zero-order valence-corrected chi connectivity index (χ0v) is 41.2. The van der Waals surface area contributed by atoms with E-state index < -0.39 is 12.1 Å². The Morgan fingerprint density at radius 1 is 0.443 bits per heavy atom. The van der Waals surface area contributed by atoms with Crippen LogP contribution in [-0.2, 0) is 14.3 Å². The largest absolute Gasteiger partial charge is 0.466 e. The van der Waals surface area contributed by atoms with Gasteiger partial charge in [0.05, 0.1) is 25.4 Å². The number of rotatable bonds is 51. The first-order chi connectivity index (χ1) is 30.0. The number of hydrogen-bond donors (Lipinski definition) is 3. The molecule has 0 saturated heterocycles. The minimum Gasteiger partial charge on any atom is -0.466 e. The van der Waals surface area contributed by atoms with E-state index >= 15 is 0 Å². The van der Waals surface area contributed by atoms with Crippen molar-refractivity contribution in [1.29, 1.82) is 0 Å². The molecule has 0 rings (SSSR count). The zero-order chi connectivity index (χ0) is 44.4. The van der Waals surface area contributed by atoms with E-state index in [1.807, 2.05) is 6.08 Å². The topological polar surface area (TPSA) is 95.9 Å². The van der Waals surface area contributed by atoms with Gasteiger partial charge in [-0.3, -0.25) is 9.59 Å². The van der Waals surface area contributed by atoms with Crippen LogP contribution >= 0.6 is 0 Å². The summed E-state index contributed by atoms with van der Waals surface area (Å²) in [6.07, 6.45) is 59.3. The molecule has 0 heterocycles. The van der Waals surface area contributed by atoms with E-state index in [0.29, 0.717) is 19.4 Å². The highest BCUT2D eigenvalue weighted by Crippen LogP contribution is 2.17. The van der Waals surface area contributed by atoms with E-state index in [9.17, 15) is 19.8 Å². The molecule has 2 atom stereocenters. The van der Waals surface area contributed by atoms with Gasteiger partial charge in [0.2, 0.25) is 5.91 Å². The van der Waals surface area contributed by atoms with Crippen LogP contribution in [-0.4, -0.2) is 47.4 Å². The molecule has 0 aromatic heterocycles. The van der Waals surface area contributed by atoms with Gasteiger partial charge in [-0.1, -0.05) is 270 Å². The van der Waals surface area contributed by atoms with Crippen molar-refractivity contribution >= 4 is 11.9 Å². The number of amides is 1. The predicted octanol–water partition coefficient (Wildman–Crippen LogP) is 16.5. The Bertz CT molecular complexity index is 909.